The third-order valence-electron chi connectivity index (χ3n) is 5.73. The van der Waals surface area contributed by atoms with Crippen molar-refractivity contribution in [3.63, 3.8) is 0 Å². The van der Waals surface area contributed by atoms with E-state index in [9.17, 15) is 13.2 Å². The van der Waals surface area contributed by atoms with Gasteiger partial charge in [-0.25, -0.2) is 8.42 Å². The van der Waals surface area contributed by atoms with Gasteiger partial charge < -0.3 is 10.6 Å². The van der Waals surface area contributed by atoms with E-state index >= 15 is 0 Å². The fourth-order valence-electron chi connectivity index (χ4n) is 3.72. The molecule has 2 heterocycles. The quantitative estimate of drug-likeness (QED) is 0.732. The van der Waals surface area contributed by atoms with E-state index in [1.165, 1.54) is 6.07 Å². The van der Waals surface area contributed by atoms with E-state index < -0.39 is 26.7 Å². The van der Waals surface area contributed by atoms with Crippen LogP contribution in [0.5, 0.6) is 0 Å². The smallest absolute Gasteiger partial charge is 0.238 e. The number of halogens is 1. The summed E-state index contributed by atoms with van der Waals surface area (Å²) in [5.41, 5.74) is 1.72. The zero-order valence-corrected chi connectivity index (χ0v) is 17.9. The van der Waals surface area contributed by atoms with Crippen LogP contribution in [0.25, 0.3) is 11.1 Å². The van der Waals surface area contributed by atoms with Gasteiger partial charge in [-0.15, -0.1) is 0 Å². The van der Waals surface area contributed by atoms with Crippen LogP contribution in [0.15, 0.2) is 41.4 Å². The third kappa shape index (κ3) is 3.81. The zero-order valence-electron chi connectivity index (χ0n) is 16.4. The summed E-state index contributed by atoms with van der Waals surface area (Å²) in [4.78, 5) is 16.7. The van der Waals surface area contributed by atoms with Crippen molar-refractivity contribution in [3.8, 4) is 17.2 Å². The SMILES string of the molecule is Cc1ncccc1-c1ccc(S(=O)(=O)[C@H]2CN[C@H](C(=O)NC3(C#N)CC3)C2)c(Cl)c1. The number of rotatable bonds is 5. The Morgan fingerprint density at radius 3 is 2.77 bits per heavy atom. The molecule has 1 aliphatic heterocycles. The van der Waals surface area contributed by atoms with Crippen molar-refractivity contribution in [2.75, 3.05) is 6.54 Å². The standard InChI is InChI=1S/C21H21ClN4O3S/c1-13-16(3-2-8-24-13)14-4-5-19(17(22)9-14)30(28,29)15-10-18(25-11-15)20(27)26-21(12-23)6-7-21/h2-5,8-9,15,18,25H,6-7,10-11H2,1H3,(H,26,27)/t15-,18+/m1/s1. The number of nitriles is 1. The summed E-state index contributed by atoms with van der Waals surface area (Å²) in [6, 6.07) is 10.0. The third-order valence-corrected chi connectivity index (χ3v) is 8.36. The van der Waals surface area contributed by atoms with Gasteiger partial charge in [-0.1, -0.05) is 23.7 Å². The van der Waals surface area contributed by atoms with Gasteiger partial charge in [0.2, 0.25) is 5.91 Å². The molecule has 1 amide bonds. The minimum Gasteiger partial charge on any atom is -0.336 e. The Hall–Kier alpha value is -2.47. The molecule has 0 radical (unpaired) electrons. The molecule has 30 heavy (non-hydrogen) atoms. The molecule has 156 valence electrons. The largest absolute Gasteiger partial charge is 0.336 e. The molecule has 1 aliphatic carbocycles. The average Bonchev–Trinajstić information content (AvgIpc) is 3.30. The summed E-state index contributed by atoms with van der Waals surface area (Å²) in [5, 5.41) is 14.2. The van der Waals surface area contributed by atoms with E-state index in [-0.39, 0.29) is 28.8 Å². The van der Waals surface area contributed by atoms with Gasteiger partial charge in [0.05, 0.1) is 27.3 Å². The van der Waals surface area contributed by atoms with Crippen LogP contribution >= 0.6 is 11.6 Å². The number of amides is 1. The first-order chi connectivity index (χ1) is 14.3. The lowest BCUT2D eigenvalue weighted by molar-refractivity contribution is -0.123. The van der Waals surface area contributed by atoms with Gasteiger partial charge in [-0.2, -0.15) is 5.26 Å². The van der Waals surface area contributed by atoms with E-state index in [1.54, 1.807) is 18.3 Å². The van der Waals surface area contributed by atoms with Gasteiger partial charge >= 0.3 is 0 Å². The normalized spacial score (nSPS) is 22.3. The Morgan fingerprint density at radius 1 is 1.37 bits per heavy atom. The molecule has 2 aromatic rings. The number of pyridine rings is 1. The number of carbonyl (C=O) groups excluding carboxylic acids is 1. The summed E-state index contributed by atoms with van der Waals surface area (Å²) >= 11 is 6.37. The van der Waals surface area contributed by atoms with Crippen LogP contribution in [0.1, 0.15) is 25.0 Å². The Bertz CT molecular complexity index is 1160. The van der Waals surface area contributed by atoms with E-state index in [4.69, 9.17) is 16.9 Å². The number of aryl methyl sites for hydroxylation is 1. The molecule has 1 saturated carbocycles. The highest BCUT2D eigenvalue weighted by atomic mass is 35.5. The van der Waals surface area contributed by atoms with Crippen molar-refractivity contribution >= 4 is 27.3 Å². The van der Waals surface area contributed by atoms with Crippen molar-refractivity contribution in [3.05, 3.63) is 47.2 Å². The number of nitrogens with zero attached hydrogens (tertiary/aromatic N) is 2. The minimum atomic E-state index is -3.73. The van der Waals surface area contributed by atoms with Crippen molar-refractivity contribution < 1.29 is 13.2 Å². The molecule has 9 heteroatoms. The second kappa shape index (κ2) is 7.65. The van der Waals surface area contributed by atoms with Gasteiger partial charge in [0, 0.05) is 24.0 Å². The summed E-state index contributed by atoms with van der Waals surface area (Å²) in [5.74, 6) is -0.333. The van der Waals surface area contributed by atoms with Crippen molar-refractivity contribution in [1.29, 1.82) is 5.26 Å². The molecule has 2 N–H and O–H groups in total. The van der Waals surface area contributed by atoms with E-state index in [0.717, 1.165) is 16.8 Å². The summed E-state index contributed by atoms with van der Waals surface area (Å²) < 4.78 is 26.3. The van der Waals surface area contributed by atoms with Crippen LogP contribution in [0, 0.1) is 18.3 Å². The highest BCUT2D eigenvalue weighted by Gasteiger charge is 2.47. The van der Waals surface area contributed by atoms with Crippen LogP contribution in [-0.4, -0.2) is 42.7 Å². The number of carbonyl (C=O) groups is 1. The predicted molar refractivity (Wildman–Crippen MR) is 113 cm³/mol. The Labute approximate surface area is 180 Å². The molecule has 4 rings (SSSR count). The highest BCUT2D eigenvalue weighted by molar-refractivity contribution is 7.92. The molecule has 1 aromatic carbocycles. The molecule has 7 nitrogen and oxygen atoms in total. The fourth-order valence-corrected chi connectivity index (χ4v) is 5.93. The fraction of sp³-hybridized carbons (Fsp3) is 0.381. The second-order valence-corrected chi connectivity index (χ2v) is 10.4. The molecule has 1 aromatic heterocycles. The number of hydrogen-bond acceptors (Lipinski definition) is 6. The number of sulfone groups is 1. The van der Waals surface area contributed by atoms with Crippen molar-refractivity contribution in [2.45, 2.75) is 47.9 Å². The lowest BCUT2D eigenvalue weighted by atomic mass is 10.1. The van der Waals surface area contributed by atoms with E-state index in [0.29, 0.717) is 12.8 Å². The molecule has 0 spiro atoms. The average molecular weight is 445 g/mol. The Balaban J connectivity index is 1.52. The summed E-state index contributed by atoms with van der Waals surface area (Å²) in [6.45, 7) is 2.03. The van der Waals surface area contributed by atoms with E-state index in [1.807, 2.05) is 19.1 Å². The molecular weight excluding hydrogens is 424 g/mol. The van der Waals surface area contributed by atoms with Crippen molar-refractivity contribution in [1.82, 2.24) is 15.6 Å². The van der Waals surface area contributed by atoms with Crippen molar-refractivity contribution in [2.24, 2.45) is 0 Å². The predicted octanol–water partition coefficient (Wildman–Crippen LogP) is 2.39. The lowest BCUT2D eigenvalue weighted by Crippen LogP contribution is -2.45. The molecule has 1 saturated heterocycles. The van der Waals surface area contributed by atoms with Crippen LogP contribution < -0.4 is 10.6 Å². The number of hydrogen-bond donors (Lipinski definition) is 2. The van der Waals surface area contributed by atoms with E-state index in [2.05, 4.69) is 21.7 Å². The maximum absolute atomic E-state index is 13.2. The second-order valence-electron chi connectivity index (χ2n) is 7.83. The molecule has 2 aliphatic rings. The van der Waals surface area contributed by atoms with Gasteiger partial charge in [-0.05, 0) is 49.9 Å². The van der Waals surface area contributed by atoms with Gasteiger partial charge in [0.1, 0.15) is 5.54 Å². The highest BCUT2D eigenvalue weighted by Crippen LogP contribution is 2.35. The summed E-state index contributed by atoms with van der Waals surface area (Å²) in [6.07, 6.45) is 3.08. The maximum Gasteiger partial charge on any atom is 0.238 e. The zero-order chi connectivity index (χ0) is 21.5. The first kappa shape index (κ1) is 20.8. The topological polar surface area (TPSA) is 112 Å². The number of aromatic nitrogens is 1. The van der Waals surface area contributed by atoms with Crippen LogP contribution in [0.3, 0.4) is 0 Å². The monoisotopic (exact) mass is 444 g/mol. The number of benzene rings is 1. The first-order valence-corrected chi connectivity index (χ1v) is 11.6. The summed E-state index contributed by atoms with van der Waals surface area (Å²) in [7, 11) is -3.73. The molecule has 0 unspecified atom stereocenters. The molecule has 2 atom stereocenters. The van der Waals surface area contributed by atoms with Crippen LogP contribution in [-0.2, 0) is 14.6 Å². The molecule has 2 fully saturated rings. The lowest BCUT2D eigenvalue weighted by Gasteiger charge is -2.15. The molecular formula is C21H21ClN4O3S. The van der Waals surface area contributed by atoms with Crippen LogP contribution in [0.2, 0.25) is 5.02 Å². The Morgan fingerprint density at radius 2 is 2.13 bits per heavy atom. The first-order valence-electron chi connectivity index (χ1n) is 9.68. The number of nitrogens with one attached hydrogen (secondary N) is 2. The van der Waals surface area contributed by atoms with Gasteiger partial charge in [-0.3, -0.25) is 9.78 Å². The van der Waals surface area contributed by atoms with Gasteiger partial charge in [0.15, 0.2) is 9.84 Å². The Kier molecular flexibility index (Phi) is 5.30. The van der Waals surface area contributed by atoms with Crippen LogP contribution in [0.4, 0.5) is 0 Å². The maximum atomic E-state index is 13.2. The van der Waals surface area contributed by atoms with Gasteiger partial charge in [0.25, 0.3) is 0 Å². The minimum absolute atomic E-state index is 0.0537. The molecule has 0 bridgehead atoms.